The lowest BCUT2D eigenvalue weighted by Gasteiger charge is -2.31. The first kappa shape index (κ1) is 20.6. The van der Waals surface area contributed by atoms with Gasteiger partial charge in [-0.1, -0.05) is 39.1 Å². The van der Waals surface area contributed by atoms with E-state index in [1.807, 2.05) is 0 Å². The van der Waals surface area contributed by atoms with Gasteiger partial charge in [0.15, 0.2) is 0 Å². The molecule has 1 aliphatic heterocycles. The van der Waals surface area contributed by atoms with Crippen molar-refractivity contribution >= 4 is 60.7 Å². The van der Waals surface area contributed by atoms with E-state index in [-0.39, 0.29) is 17.3 Å². The fraction of sp³-hybridized carbons (Fsp3) is 0.278. The highest BCUT2D eigenvalue weighted by atomic mass is 79.9. The summed E-state index contributed by atoms with van der Waals surface area (Å²) in [6, 6.07) is 11.3. The minimum atomic E-state index is -3.64. The second-order valence-electron chi connectivity index (χ2n) is 6.27. The van der Waals surface area contributed by atoms with Crippen LogP contribution in [0.2, 0.25) is 10.0 Å². The lowest BCUT2D eigenvalue weighted by Crippen LogP contribution is -2.43. The van der Waals surface area contributed by atoms with E-state index in [1.165, 1.54) is 4.31 Å². The summed E-state index contributed by atoms with van der Waals surface area (Å²) in [7, 11) is -3.64. The third-order valence-electron chi connectivity index (χ3n) is 4.39. The quantitative estimate of drug-likeness (QED) is 0.668. The molecule has 1 heterocycles. The maximum absolute atomic E-state index is 12.9. The van der Waals surface area contributed by atoms with Crippen LogP contribution in [0.4, 0.5) is 5.69 Å². The number of halogens is 3. The number of anilines is 1. The number of rotatable bonds is 4. The van der Waals surface area contributed by atoms with Crippen LogP contribution < -0.4 is 5.32 Å². The summed E-state index contributed by atoms with van der Waals surface area (Å²) in [5.41, 5.74) is 0.530. The van der Waals surface area contributed by atoms with Crippen molar-refractivity contribution in [3.63, 3.8) is 0 Å². The summed E-state index contributed by atoms with van der Waals surface area (Å²) in [4.78, 5) is 12.8. The van der Waals surface area contributed by atoms with Crippen LogP contribution in [-0.4, -0.2) is 31.7 Å². The minimum absolute atomic E-state index is 0.144. The molecule has 9 heteroatoms. The van der Waals surface area contributed by atoms with Crippen LogP contribution >= 0.6 is 39.1 Å². The van der Waals surface area contributed by atoms with E-state index >= 15 is 0 Å². The lowest BCUT2D eigenvalue weighted by atomic mass is 9.99. The van der Waals surface area contributed by atoms with E-state index in [0.29, 0.717) is 35.1 Å². The molecule has 1 amide bonds. The van der Waals surface area contributed by atoms with Gasteiger partial charge in [0.2, 0.25) is 15.9 Å². The van der Waals surface area contributed by atoms with Gasteiger partial charge in [0.1, 0.15) is 0 Å². The molecule has 1 atom stereocenters. The van der Waals surface area contributed by atoms with E-state index in [4.69, 9.17) is 23.2 Å². The van der Waals surface area contributed by atoms with Gasteiger partial charge in [0, 0.05) is 23.2 Å². The Morgan fingerprint density at radius 3 is 2.48 bits per heavy atom. The summed E-state index contributed by atoms with van der Waals surface area (Å²) in [5.74, 6) is -0.664. The van der Waals surface area contributed by atoms with Gasteiger partial charge in [0.25, 0.3) is 0 Å². The predicted octanol–water partition coefficient (Wildman–Crippen LogP) is 4.80. The molecule has 0 aliphatic carbocycles. The van der Waals surface area contributed by atoms with Gasteiger partial charge in [-0.15, -0.1) is 0 Å². The average Bonchev–Trinajstić information content (AvgIpc) is 2.65. The molecule has 0 unspecified atom stereocenters. The minimum Gasteiger partial charge on any atom is -0.326 e. The van der Waals surface area contributed by atoms with E-state index in [1.54, 1.807) is 42.5 Å². The maximum atomic E-state index is 12.9. The molecule has 1 N–H and O–H groups in total. The highest BCUT2D eigenvalue weighted by molar-refractivity contribution is 9.10. The molecule has 1 saturated heterocycles. The Labute approximate surface area is 176 Å². The van der Waals surface area contributed by atoms with Crippen molar-refractivity contribution in [2.24, 2.45) is 5.92 Å². The summed E-state index contributed by atoms with van der Waals surface area (Å²) < 4.78 is 27.9. The lowest BCUT2D eigenvalue weighted by molar-refractivity contribution is -0.120. The van der Waals surface area contributed by atoms with Crippen molar-refractivity contribution < 1.29 is 13.2 Å². The van der Waals surface area contributed by atoms with Crippen molar-refractivity contribution in [3.8, 4) is 0 Å². The molecule has 1 fully saturated rings. The number of nitrogens with one attached hydrogen (secondary N) is 1. The second kappa shape index (κ2) is 8.49. The fourth-order valence-electron chi connectivity index (χ4n) is 2.95. The van der Waals surface area contributed by atoms with Crippen LogP contribution in [0.15, 0.2) is 51.8 Å². The zero-order valence-corrected chi connectivity index (χ0v) is 18.1. The zero-order chi connectivity index (χ0) is 19.6. The summed E-state index contributed by atoms with van der Waals surface area (Å²) in [5, 5.41) is 3.54. The van der Waals surface area contributed by atoms with Gasteiger partial charge in [-0.05, 0) is 55.3 Å². The Kier molecular flexibility index (Phi) is 6.48. The molecule has 0 aromatic heterocycles. The van der Waals surface area contributed by atoms with Crippen LogP contribution in [0.25, 0.3) is 0 Å². The molecule has 0 spiro atoms. The van der Waals surface area contributed by atoms with Crippen molar-refractivity contribution in [2.45, 2.75) is 17.7 Å². The highest BCUT2D eigenvalue weighted by Gasteiger charge is 2.33. The Bertz CT molecular complexity index is 952. The van der Waals surface area contributed by atoms with Crippen LogP contribution in [0.3, 0.4) is 0 Å². The first-order valence-corrected chi connectivity index (χ1v) is 11.3. The van der Waals surface area contributed by atoms with E-state index < -0.39 is 15.9 Å². The van der Waals surface area contributed by atoms with E-state index in [9.17, 15) is 13.2 Å². The van der Waals surface area contributed by atoms with Gasteiger partial charge >= 0.3 is 0 Å². The molecule has 0 saturated carbocycles. The summed E-state index contributed by atoms with van der Waals surface area (Å²) in [6.45, 7) is 0.542. The molecule has 2 aromatic rings. The number of carbonyl (C=O) groups excluding carboxylic acids is 1. The van der Waals surface area contributed by atoms with Crippen molar-refractivity contribution in [3.05, 3.63) is 57.0 Å². The van der Waals surface area contributed by atoms with E-state index in [2.05, 4.69) is 21.2 Å². The molecule has 27 heavy (non-hydrogen) atoms. The fourth-order valence-corrected chi connectivity index (χ4v) is 5.03. The third kappa shape index (κ3) is 4.84. The van der Waals surface area contributed by atoms with Crippen molar-refractivity contribution in [1.82, 2.24) is 4.31 Å². The number of hydrogen-bond donors (Lipinski definition) is 1. The Morgan fingerprint density at radius 1 is 1.11 bits per heavy atom. The maximum Gasteiger partial charge on any atom is 0.243 e. The normalized spacial score (nSPS) is 18.3. The Morgan fingerprint density at radius 2 is 1.81 bits per heavy atom. The van der Waals surface area contributed by atoms with Crippen LogP contribution in [0.5, 0.6) is 0 Å². The first-order valence-electron chi connectivity index (χ1n) is 8.29. The Balaban J connectivity index is 1.72. The molecular weight excluding hydrogens is 475 g/mol. The number of benzene rings is 2. The van der Waals surface area contributed by atoms with Gasteiger partial charge in [-0.3, -0.25) is 4.79 Å². The molecule has 0 bridgehead atoms. The first-order chi connectivity index (χ1) is 12.8. The average molecular weight is 492 g/mol. The van der Waals surface area contributed by atoms with Crippen LogP contribution in [-0.2, 0) is 14.8 Å². The highest BCUT2D eigenvalue weighted by Crippen LogP contribution is 2.28. The van der Waals surface area contributed by atoms with Gasteiger partial charge in [0.05, 0.1) is 20.9 Å². The van der Waals surface area contributed by atoms with Gasteiger partial charge in [-0.25, -0.2) is 8.42 Å². The van der Waals surface area contributed by atoms with Gasteiger partial charge < -0.3 is 5.32 Å². The van der Waals surface area contributed by atoms with Crippen molar-refractivity contribution in [1.29, 1.82) is 0 Å². The number of sulfonamides is 1. The summed E-state index contributed by atoms with van der Waals surface area (Å²) >= 11 is 15.2. The Hall–Kier alpha value is -1.12. The molecule has 1 aliphatic rings. The zero-order valence-electron chi connectivity index (χ0n) is 14.2. The smallest absolute Gasteiger partial charge is 0.243 e. The van der Waals surface area contributed by atoms with Crippen molar-refractivity contribution in [2.75, 3.05) is 18.4 Å². The van der Waals surface area contributed by atoms with Gasteiger partial charge in [-0.2, -0.15) is 4.31 Å². The number of piperidine rings is 1. The predicted molar refractivity (Wildman–Crippen MR) is 111 cm³/mol. The third-order valence-corrected chi connectivity index (χ3v) is 7.54. The molecule has 5 nitrogen and oxygen atoms in total. The standard InChI is InChI=1S/C18H17BrCl2N2O3S/c19-13-3-6-15(7-4-13)27(25,26)23-9-1-2-12(11-23)18(24)22-14-5-8-16(20)17(21)10-14/h3-8,10,12H,1-2,9,11H2,(H,22,24)/t12-/m0/s1. The molecule has 144 valence electrons. The molecule has 0 radical (unpaired) electrons. The summed E-state index contributed by atoms with van der Waals surface area (Å²) in [6.07, 6.45) is 1.24. The number of amides is 1. The van der Waals surface area contributed by atoms with Crippen LogP contribution in [0.1, 0.15) is 12.8 Å². The number of nitrogens with zero attached hydrogens (tertiary/aromatic N) is 1. The molecule has 3 rings (SSSR count). The van der Waals surface area contributed by atoms with E-state index in [0.717, 1.165) is 4.47 Å². The SMILES string of the molecule is O=C(Nc1ccc(Cl)c(Cl)c1)[C@H]1CCCN(S(=O)(=O)c2ccc(Br)cc2)C1. The monoisotopic (exact) mass is 490 g/mol. The second-order valence-corrected chi connectivity index (χ2v) is 9.94. The topological polar surface area (TPSA) is 66.5 Å². The number of carbonyl (C=O) groups is 1. The number of hydrogen-bond acceptors (Lipinski definition) is 3. The van der Waals surface area contributed by atoms with Crippen LogP contribution in [0, 0.1) is 5.92 Å². The molecule has 2 aromatic carbocycles. The molecular formula is C18H17BrCl2N2O3S. The largest absolute Gasteiger partial charge is 0.326 e.